The highest BCUT2D eigenvalue weighted by molar-refractivity contribution is 7.89. The van der Waals surface area contributed by atoms with Crippen LogP contribution in [0.1, 0.15) is 33.1 Å². The molecule has 0 amide bonds. The van der Waals surface area contributed by atoms with E-state index in [-0.39, 0.29) is 11.9 Å². The summed E-state index contributed by atoms with van der Waals surface area (Å²) in [7, 11) is -3.09. The van der Waals surface area contributed by atoms with Crippen molar-refractivity contribution >= 4 is 10.0 Å². The Morgan fingerprint density at radius 3 is 2.35 bits per heavy atom. The third kappa shape index (κ3) is 3.20. The largest absolute Gasteiger partial charge is 0.378 e. The molecule has 1 aliphatic heterocycles. The normalized spacial score (nSPS) is 30.1. The quantitative estimate of drug-likeness (QED) is 0.753. The highest BCUT2D eigenvalue weighted by atomic mass is 32.2. The number of fused-ring (bicyclic) bond motifs is 1. The van der Waals surface area contributed by atoms with Crippen LogP contribution in [0, 0.1) is 11.8 Å². The van der Waals surface area contributed by atoms with Gasteiger partial charge < -0.3 is 4.74 Å². The minimum absolute atomic E-state index is 0.100. The number of hydrogen-bond donors (Lipinski definition) is 0. The molecule has 1 aliphatic carbocycles. The Labute approximate surface area is 104 Å². The summed E-state index contributed by atoms with van der Waals surface area (Å²) in [6, 6.07) is 0. The van der Waals surface area contributed by atoms with Crippen LogP contribution in [0.2, 0.25) is 0 Å². The molecule has 5 heteroatoms. The maximum Gasteiger partial charge on any atom is 0.216 e. The van der Waals surface area contributed by atoms with Gasteiger partial charge in [0.05, 0.1) is 18.5 Å². The van der Waals surface area contributed by atoms with Crippen LogP contribution in [-0.4, -0.2) is 44.3 Å². The zero-order valence-corrected chi connectivity index (χ0v) is 11.6. The van der Waals surface area contributed by atoms with Crippen LogP contribution in [0.15, 0.2) is 0 Å². The predicted molar refractivity (Wildman–Crippen MR) is 67.3 cm³/mol. The highest BCUT2D eigenvalue weighted by Crippen LogP contribution is 2.38. The SMILES string of the molecule is CC(C)OCCS(=O)(=O)N1CC2CCCC2C1. The Hall–Kier alpha value is -0.130. The summed E-state index contributed by atoms with van der Waals surface area (Å²) in [6.07, 6.45) is 3.79. The number of rotatable bonds is 5. The molecular formula is C12H23NO3S. The fourth-order valence-corrected chi connectivity index (χ4v) is 4.34. The van der Waals surface area contributed by atoms with Crippen LogP contribution in [-0.2, 0) is 14.8 Å². The van der Waals surface area contributed by atoms with E-state index in [4.69, 9.17) is 4.74 Å². The van der Waals surface area contributed by atoms with Crippen LogP contribution in [0.4, 0.5) is 0 Å². The molecule has 2 unspecified atom stereocenters. The Balaban J connectivity index is 1.84. The number of ether oxygens (including phenoxy) is 1. The summed E-state index contributed by atoms with van der Waals surface area (Å²) in [5.41, 5.74) is 0. The lowest BCUT2D eigenvalue weighted by Gasteiger charge is -2.17. The summed E-state index contributed by atoms with van der Waals surface area (Å²) < 4.78 is 31.2. The molecule has 17 heavy (non-hydrogen) atoms. The third-order valence-electron chi connectivity index (χ3n) is 3.88. The second-order valence-corrected chi connectivity index (χ2v) is 7.59. The van der Waals surface area contributed by atoms with Crippen molar-refractivity contribution < 1.29 is 13.2 Å². The fourth-order valence-electron chi connectivity index (χ4n) is 2.94. The lowest BCUT2D eigenvalue weighted by atomic mass is 10.0. The topological polar surface area (TPSA) is 46.6 Å². The molecule has 0 bridgehead atoms. The Morgan fingerprint density at radius 1 is 1.24 bits per heavy atom. The lowest BCUT2D eigenvalue weighted by molar-refractivity contribution is 0.0907. The first-order chi connectivity index (χ1) is 7.99. The van der Waals surface area contributed by atoms with Crippen LogP contribution in [0.25, 0.3) is 0 Å². The minimum atomic E-state index is -3.09. The van der Waals surface area contributed by atoms with Gasteiger partial charge in [-0.05, 0) is 38.5 Å². The van der Waals surface area contributed by atoms with Gasteiger partial charge in [0, 0.05) is 13.1 Å². The summed E-state index contributed by atoms with van der Waals surface area (Å²) in [4.78, 5) is 0. The molecular weight excluding hydrogens is 238 g/mol. The van der Waals surface area contributed by atoms with Crippen LogP contribution in [0.5, 0.6) is 0 Å². The van der Waals surface area contributed by atoms with Gasteiger partial charge in [-0.3, -0.25) is 0 Å². The first-order valence-corrected chi connectivity index (χ1v) is 8.19. The maximum absolute atomic E-state index is 12.1. The molecule has 1 heterocycles. The van der Waals surface area contributed by atoms with Crippen molar-refractivity contribution in [3.63, 3.8) is 0 Å². The van der Waals surface area contributed by atoms with Crippen molar-refractivity contribution in [1.82, 2.24) is 4.31 Å². The molecule has 4 nitrogen and oxygen atoms in total. The lowest BCUT2D eigenvalue weighted by Crippen LogP contribution is -2.33. The molecule has 2 atom stereocenters. The molecule has 1 saturated heterocycles. The van der Waals surface area contributed by atoms with Gasteiger partial charge >= 0.3 is 0 Å². The van der Waals surface area contributed by atoms with Crippen molar-refractivity contribution in [3.8, 4) is 0 Å². The number of hydrogen-bond acceptors (Lipinski definition) is 3. The first kappa shape index (κ1) is 13.3. The summed E-state index contributed by atoms with van der Waals surface area (Å²) in [6.45, 7) is 5.65. The summed E-state index contributed by atoms with van der Waals surface area (Å²) >= 11 is 0. The van der Waals surface area contributed by atoms with Gasteiger partial charge in [0.25, 0.3) is 0 Å². The van der Waals surface area contributed by atoms with Gasteiger partial charge in [0.2, 0.25) is 10.0 Å². The molecule has 2 rings (SSSR count). The minimum Gasteiger partial charge on any atom is -0.378 e. The van der Waals surface area contributed by atoms with Gasteiger partial charge in [0.1, 0.15) is 0 Å². The number of nitrogens with zero attached hydrogens (tertiary/aromatic N) is 1. The first-order valence-electron chi connectivity index (χ1n) is 6.58. The Bertz CT molecular complexity index is 341. The van der Waals surface area contributed by atoms with E-state index in [0.717, 1.165) is 13.1 Å². The van der Waals surface area contributed by atoms with E-state index < -0.39 is 10.0 Å². The average molecular weight is 261 g/mol. The molecule has 0 N–H and O–H groups in total. The fraction of sp³-hybridized carbons (Fsp3) is 1.00. The monoisotopic (exact) mass is 261 g/mol. The van der Waals surface area contributed by atoms with Crippen molar-refractivity contribution in [2.45, 2.75) is 39.2 Å². The molecule has 0 aromatic carbocycles. The second kappa shape index (κ2) is 5.24. The van der Waals surface area contributed by atoms with Crippen molar-refractivity contribution in [2.75, 3.05) is 25.4 Å². The Morgan fingerprint density at radius 2 is 1.82 bits per heavy atom. The highest BCUT2D eigenvalue weighted by Gasteiger charge is 2.40. The second-order valence-electron chi connectivity index (χ2n) is 5.50. The summed E-state index contributed by atoms with van der Waals surface area (Å²) in [5, 5.41) is 0. The molecule has 1 saturated carbocycles. The van der Waals surface area contributed by atoms with Gasteiger partial charge in [0.15, 0.2) is 0 Å². The van der Waals surface area contributed by atoms with E-state index in [1.165, 1.54) is 19.3 Å². The van der Waals surface area contributed by atoms with Crippen LogP contribution >= 0.6 is 0 Å². The van der Waals surface area contributed by atoms with Gasteiger partial charge in [-0.2, -0.15) is 0 Å². The van der Waals surface area contributed by atoms with Crippen LogP contribution in [0.3, 0.4) is 0 Å². The average Bonchev–Trinajstić information content (AvgIpc) is 2.74. The van der Waals surface area contributed by atoms with E-state index in [9.17, 15) is 8.42 Å². The zero-order valence-electron chi connectivity index (χ0n) is 10.8. The molecule has 2 aliphatic rings. The molecule has 100 valence electrons. The van der Waals surface area contributed by atoms with Crippen molar-refractivity contribution in [3.05, 3.63) is 0 Å². The number of sulfonamides is 1. The molecule has 0 aromatic heterocycles. The van der Waals surface area contributed by atoms with E-state index in [1.807, 2.05) is 13.8 Å². The van der Waals surface area contributed by atoms with Gasteiger partial charge in [-0.1, -0.05) is 6.42 Å². The van der Waals surface area contributed by atoms with E-state index in [2.05, 4.69) is 0 Å². The maximum atomic E-state index is 12.1. The van der Waals surface area contributed by atoms with Gasteiger partial charge in [-0.15, -0.1) is 0 Å². The molecule has 0 radical (unpaired) electrons. The van der Waals surface area contributed by atoms with Gasteiger partial charge in [-0.25, -0.2) is 12.7 Å². The summed E-state index contributed by atoms with van der Waals surface area (Å²) in [5.74, 6) is 1.37. The van der Waals surface area contributed by atoms with E-state index in [1.54, 1.807) is 4.31 Å². The van der Waals surface area contributed by atoms with Crippen LogP contribution < -0.4 is 0 Å². The predicted octanol–water partition coefficient (Wildman–Crippen LogP) is 1.47. The molecule has 2 fully saturated rings. The third-order valence-corrected chi connectivity index (χ3v) is 5.65. The van der Waals surface area contributed by atoms with E-state index >= 15 is 0 Å². The smallest absolute Gasteiger partial charge is 0.216 e. The zero-order chi connectivity index (χ0) is 12.5. The standard InChI is InChI=1S/C12H23NO3S/c1-10(2)16-6-7-17(14,15)13-8-11-4-3-5-12(11)9-13/h10-12H,3-9H2,1-2H3. The Kier molecular flexibility index (Phi) is 4.10. The van der Waals surface area contributed by atoms with Crippen molar-refractivity contribution in [1.29, 1.82) is 0 Å². The molecule has 0 spiro atoms. The molecule has 0 aromatic rings. The van der Waals surface area contributed by atoms with E-state index in [0.29, 0.717) is 18.4 Å². The van der Waals surface area contributed by atoms with Crippen molar-refractivity contribution in [2.24, 2.45) is 11.8 Å².